The fourth-order valence-corrected chi connectivity index (χ4v) is 3.37. The van der Waals surface area contributed by atoms with Gasteiger partial charge >= 0.3 is 0 Å². The summed E-state index contributed by atoms with van der Waals surface area (Å²) in [5.74, 6) is -0.0362. The number of benzene rings is 2. The van der Waals surface area contributed by atoms with Crippen molar-refractivity contribution in [3.8, 4) is 11.4 Å². The number of hydrogen-bond acceptors (Lipinski definition) is 4. The minimum absolute atomic E-state index is 0.0175. The SMILES string of the molecule is CC(Sc1n[nH]c(-c2ccccc2F)n1)C(=O)N(C)Cc1ccccc1. The number of carbonyl (C=O) groups is 1. The van der Waals surface area contributed by atoms with Gasteiger partial charge in [-0.3, -0.25) is 9.89 Å². The number of halogens is 1. The number of aromatic nitrogens is 3. The van der Waals surface area contributed by atoms with Crippen molar-refractivity contribution < 1.29 is 9.18 Å². The number of amides is 1. The number of carbonyl (C=O) groups excluding carboxylic acids is 1. The van der Waals surface area contributed by atoms with Gasteiger partial charge in [0.1, 0.15) is 5.82 Å². The Hall–Kier alpha value is -2.67. The molecule has 134 valence electrons. The molecule has 0 aliphatic heterocycles. The molecule has 1 aromatic heterocycles. The van der Waals surface area contributed by atoms with Crippen molar-refractivity contribution in [2.45, 2.75) is 23.9 Å². The third kappa shape index (κ3) is 4.29. The molecule has 0 spiro atoms. The monoisotopic (exact) mass is 370 g/mol. The molecule has 0 saturated heterocycles. The Balaban J connectivity index is 1.63. The molecule has 3 aromatic rings. The van der Waals surface area contributed by atoms with Crippen LogP contribution in [0.4, 0.5) is 4.39 Å². The molecule has 1 unspecified atom stereocenters. The van der Waals surface area contributed by atoms with Crippen LogP contribution in [0.5, 0.6) is 0 Å². The summed E-state index contributed by atoms with van der Waals surface area (Å²) in [5.41, 5.74) is 1.42. The molecule has 0 bridgehead atoms. The standard InChI is InChI=1S/C19H19FN4OS/c1-13(18(25)24(2)12-14-8-4-3-5-9-14)26-19-21-17(22-23-19)15-10-6-7-11-16(15)20/h3-11,13H,12H2,1-2H3,(H,21,22,23). The fourth-order valence-electron chi connectivity index (χ4n) is 2.53. The van der Waals surface area contributed by atoms with Crippen molar-refractivity contribution in [1.29, 1.82) is 0 Å². The topological polar surface area (TPSA) is 61.9 Å². The summed E-state index contributed by atoms with van der Waals surface area (Å²) in [5, 5.41) is 6.88. The Morgan fingerprint density at radius 2 is 1.88 bits per heavy atom. The number of nitrogens with one attached hydrogen (secondary N) is 1. The number of hydrogen-bond donors (Lipinski definition) is 1. The van der Waals surface area contributed by atoms with Gasteiger partial charge in [-0.25, -0.2) is 9.37 Å². The number of thioether (sulfide) groups is 1. The summed E-state index contributed by atoms with van der Waals surface area (Å²) in [6.45, 7) is 2.35. The molecule has 0 aliphatic carbocycles. The lowest BCUT2D eigenvalue weighted by Crippen LogP contribution is -2.32. The molecule has 1 heterocycles. The third-order valence-electron chi connectivity index (χ3n) is 3.86. The zero-order chi connectivity index (χ0) is 18.5. The molecule has 3 rings (SSSR count). The van der Waals surface area contributed by atoms with E-state index in [1.54, 1.807) is 30.1 Å². The Labute approximate surface area is 155 Å². The van der Waals surface area contributed by atoms with Gasteiger partial charge in [-0.2, -0.15) is 0 Å². The third-order valence-corrected chi connectivity index (χ3v) is 4.81. The van der Waals surface area contributed by atoms with Crippen molar-refractivity contribution >= 4 is 17.7 Å². The summed E-state index contributed by atoms with van der Waals surface area (Å²) in [6.07, 6.45) is 0. The average molecular weight is 370 g/mol. The second kappa shape index (κ2) is 8.14. The van der Waals surface area contributed by atoms with Crippen LogP contribution in [0.1, 0.15) is 12.5 Å². The zero-order valence-corrected chi connectivity index (χ0v) is 15.3. The minimum Gasteiger partial charge on any atom is -0.340 e. The molecule has 5 nitrogen and oxygen atoms in total. The van der Waals surface area contributed by atoms with Crippen molar-refractivity contribution in [1.82, 2.24) is 20.1 Å². The zero-order valence-electron chi connectivity index (χ0n) is 14.5. The molecular formula is C19H19FN4OS. The van der Waals surface area contributed by atoms with Gasteiger partial charge < -0.3 is 4.90 Å². The van der Waals surface area contributed by atoms with Gasteiger partial charge in [0.15, 0.2) is 5.82 Å². The maximum atomic E-state index is 13.8. The maximum absolute atomic E-state index is 13.8. The molecule has 1 N–H and O–H groups in total. The van der Waals surface area contributed by atoms with Crippen molar-refractivity contribution in [2.24, 2.45) is 0 Å². The molecular weight excluding hydrogens is 351 g/mol. The van der Waals surface area contributed by atoms with Gasteiger partial charge in [-0.15, -0.1) is 5.10 Å². The lowest BCUT2D eigenvalue weighted by Gasteiger charge is -2.20. The Morgan fingerprint density at radius 3 is 2.62 bits per heavy atom. The van der Waals surface area contributed by atoms with Gasteiger partial charge in [-0.05, 0) is 24.6 Å². The maximum Gasteiger partial charge on any atom is 0.235 e. The highest BCUT2D eigenvalue weighted by molar-refractivity contribution is 8.00. The van der Waals surface area contributed by atoms with E-state index >= 15 is 0 Å². The lowest BCUT2D eigenvalue weighted by molar-refractivity contribution is -0.129. The predicted octanol–water partition coefficient (Wildman–Crippen LogP) is 3.75. The summed E-state index contributed by atoms with van der Waals surface area (Å²) >= 11 is 1.24. The molecule has 1 amide bonds. The number of aromatic amines is 1. The average Bonchev–Trinajstić information content (AvgIpc) is 3.10. The van der Waals surface area contributed by atoms with Crippen molar-refractivity contribution in [3.63, 3.8) is 0 Å². The highest BCUT2D eigenvalue weighted by Gasteiger charge is 2.21. The summed E-state index contributed by atoms with van der Waals surface area (Å²) in [7, 11) is 1.77. The van der Waals surface area contributed by atoms with Gasteiger partial charge in [0.2, 0.25) is 11.1 Å². The molecule has 1 atom stereocenters. The molecule has 0 radical (unpaired) electrons. The van der Waals surface area contributed by atoms with E-state index in [4.69, 9.17) is 0 Å². The quantitative estimate of drug-likeness (QED) is 0.671. The van der Waals surface area contributed by atoms with E-state index in [-0.39, 0.29) is 17.0 Å². The van der Waals surface area contributed by atoms with Crippen molar-refractivity contribution in [2.75, 3.05) is 7.05 Å². The van der Waals surface area contributed by atoms with Crippen LogP contribution in [0.3, 0.4) is 0 Å². The first-order chi connectivity index (χ1) is 12.5. The lowest BCUT2D eigenvalue weighted by atomic mass is 10.2. The smallest absolute Gasteiger partial charge is 0.235 e. The van der Waals surface area contributed by atoms with E-state index in [1.165, 1.54) is 17.8 Å². The molecule has 26 heavy (non-hydrogen) atoms. The first-order valence-corrected chi connectivity index (χ1v) is 9.05. The second-order valence-corrected chi connectivity index (χ2v) is 7.19. The summed E-state index contributed by atoms with van der Waals surface area (Å²) in [6, 6.07) is 16.2. The van der Waals surface area contributed by atoms with Crippen LogP contribution in [-0.2, 0) is 11.3 Å². The van der Waals surface area contributed by atoms with Gasteiger partial charge in [0.25, 0.3) is 0 Å². The largest absolute Gasteiger partial charge is 0.340 e. The van der Waals surface area contributed by atoms with Crippen molar-refractivity contribution in [3.05, 3.63) is 66.0 Å². The minimum atomic E-state index is -0.369. The molecule has 2 aromatic carbocycles. The number of rotatable bonds is 6. The molecule has 0 fully saturated rings. The molecule has 0 saturated carbocycles. The van der Waals surface area contributed by atoms with E-state index < -0.39 is 0 Å². The molecule has 0 aliphatic rings. The second-order valence-electron chi connectivity index (χ2n) is 5.89. The van der Waals surface area contributed by atoms with E-state index in [1.807, 2.05) is 37.3 Å². The normalized spacial score (nSPS) is 12.0. The van der Waals surface area contributed by atoms with Crippen LogP contribution < -0.4 is 0 Å². The highest BCUT2D eigenvalue weighted by atomic mass is 32.2. The van der Waals surface area contributed by atoms with Gasteiger partial charge in [-0.1, -0.05) is 54.2 Å². The Kier molecular flexibility index (Phi) is 5.68. The van der Waals surface area contributed by atoms with Gasteiger partial charge in [0.05, 0.1) is 10.8 Å². The fraction of sp³-hybridized carbons (Fsp3) is 0.211. The van der Waals surface area contributed by atoms with Crippen LogP contribution in [0.2, 0.25) is 0 Å². The summed E-state index contributed by atoms with van der Waals surface area (Å²) < 4.78 is 13.8. The first-order valence-electron chi connectivity index (χ1n) is 8.17. The number of nitrogens with zero attached hydrogens (tertiary/aromatic N) is 3. The van der Waals surface area contributed by atoms with Crippen LogP contribution in [0, 0.1) is 5.82 Å². The van der Waals surface area contributed by atoms with E-state index in [9.17, 15) is 9.18 Å². The van der Waals surface area contributed by atoms with E-state index in [2.05, 4.69) is 15.2 Å². The molecule has 7 heteroatoms. The predicted molar refractivity (Wildman–Crippen MR) is 100 cm³/mol. The number of H-pyrrole nitrogens is 1. The van der Waals surface area contributed by atoms with Crippen LogP contribution in [-0.4, -0.2) is 38.3 Å². The highest BCUT2D eigenvalue weighted by Crippen LogP contribution is 2.25. The van der Waals surface area contributed by atoms with Crippen LogP contribution in [0.25, 0.3) is 11.4 Å². The van der Waals surface area contributed by atoms with E-state index in [0.717, 1.165) is 5.56 Å². The Morgan fingerprint density at radius 1 is 1.19 bits per heavy atom. The van der Waals surface area contributed by atoms with Crippen LogP contribution >= 0.6 is 11.8 Å². The van der Waals surface area contributed by atoms with Crippen LogP contribution in [0.15, 0.2) is 59.8 Å². The summed E-state index contributed by atoms with van der Waals surface area (Å²) in [4.78, 5) is 18.5. The van der Waals surface area contributed by atoms with E-state index in [0.29, 0.717) is 23.1 Å². The Bertz CT molecular complexity index is 884. The first kappa shape index (κ1) is 18.1. The van der Waals surface area contributed by atoms with Gasteiger partial charge in [0, 0.05) is 13.6 Å².